The predicted octanol–water partition coefficient (Wildman–Crippen LogP) is 1.78. The minimum absolute atomic E-state index is 0.215. The van der Waals surface area contributed by atoms with Crippen LogP contribution in [-0.4, -0.2) is 23.8 Å². The summed E-state index contributed by atoms with van der Waals surface area (Å²) in [5.41, 5.74) is 0. The van der Waals surface area contributed by atoms with Crippen LogP contribution in [0.25, 0.3) is 0 Å². The lowest BCUT2D eigenvalue weighted by atomic mass is 9.93. The molecule has 1 aliphatic carbocycles. The summed E-state index contributed by atoms with van der Waals surface area (Å²) in [6, 6.07) is 0.638. The Kier molecular flexibility index (Phi) is 4.20. The molecule has 0 radical (unpaired) electrons. The van der Waals surface area contributed by atoms with Gasteiger partial charge in [0.15, 0.2) is 0 Å². The van der Waals surface area contributed by atoms with Crippen molar-refractivity contribution in [3.63, 3.8) is 0 Å². The van der Waals surface area contributed by atoms with E-state index in [0.29, 0.717) is 6.04 Å². The second-order valence-corrected chi connectivity index (χ2v) is 4.47. The normalized spacial score (nSPS) is 36.5. The van der Waals surface area contributed by atoms with Gasteiger partial charge in [0.05, 0.1) is 6.10 Å². The molecule has 13 heavy (non-hydrogen) atoms. The molecule has 0 amide bonds. The molecule has 78 valence electrons. The van der Waals surface area contributed by atoms with Crippen LogP contribution in [0.5, 0.6) is 0 Å². The van der Waals surface area contributed by atoms with Gasteiger partial charge in [0.2, 0.25) is 0 Å². The lowest BCUT2D eigenvalue weighted by molar-refractivity contribution is 0.181. The summed E-state index contributed by atoms with van der Waals surface area (Å²) in [6.07, 6.45) is 3.73. The van der Waals surface area contributed by atoms with Crippen LogP contribution in [0.1, 0.15) is 40.0 Å². The second kappa shape index (κ2) is 4.97. The summed E-state index contributed by atoms with van der Waals surface area (Å²) >= 11 is 0. The van der Waals surface area contributed by atoms with Crippen molar-refractivity contribution < 1.29 is 5.11 Å². The number of hydrogen-bond acceptors (Lipinski definition) is 2. The molecule has 4 atom stereocenters. The number of hydrogen-bond donors (Lipinski definition) is 2. The van der Waals surface area contributed by atoms with Gasteiger partial charge in [-0.15, -0.1) is 0 Å². The molecule has 1 saturated carbocycles. The summed E-state index contributed by atoms with van der Waals surface area (Å²) in [6.45, 7) is 7.19. The number of aliphatic hydroxyl groups is 1. The number of nitrogens with one attached hydrogen (secondary N) is 1. The third kappa shape index (κ3) is 2.96. The first-order valence-corrected chi connectivity index (χ1v) is 5.56. The summed E-state index contributed by atoms with van der Waals surface area (Å²) in [7, 11) is 0. The molecule has 2 nitrogen and oxygen atoms in total. The Labute approximate surface area is 81.7 Å². The summed E-state index contributed by atoms with van der Waals surface area (Å²) in [5, 5.41) is 12.6. The van der Waals surface area contributed by atoms with Crippen LogP contribution in [0.4, 0.5) is 0 Å². The maximum Gasteiger partial charge on any atom is 0.0636 e. The molecule has 0 saturated heterocycles. The predicted molar refractivity (Wildman–Crippen MR) is 55.7 cm³/mol. The smallest absolute Gasteiger partial charge is 0.0636 e. The second-order valence-electron chi connectivity index (χ2n) is 4.47. The monoisotopic (exact) mass is 185 g/mol. The third-order valence-corrected chi connectivity index (χ3v) is 3.43. The first-order valence-electron chi connectivity index (χ1n) is 5.56. The van der Waals surface area contributed by atoms with Gasteiger partial charge in [0, 0.05) is 12.6 Å². The molecule has 0 spiro atoms. The maximum absolute atomic E-state index is 9.16. The Bertz CT molecular complexity index is 147. The zero-order valence-corrected chi connectivity index (χ0v) is 9.09. The molecule has 0 heterocycles. The zero-order chi connectivity index (χ0) is 9.84. The van der Waals surface area contributed by atoms with E-state index in [-0.39, 0.29) is 6.10 Å². The molecule has 0 bridgehead atoms. The molecule has 0 aromatic heterocycles. The van der Waals surface area contributed by atoms with E-state index in [4.69, 9.17) is 5.11 Å². The van der Waals surface area contributed by atoms with Crippen molar-refractivity contribution in [1.82, 2.24) is 5.32 Å². The van der Waals surface area contributed by atoms with E-state index in [1.807, 2.05) is 6.92 Å². The van der Waals surface area contributed by atoms with Crippen molar-refractivity contribution in [1.29, 1.82) is 0 Å². The van der Waals surface area contributed by atoms with Crippen LogP contribution in [0, 0.1) is 11.8 Å². The Morgan fingerprint density at radius 1 is 1.46 bits per heavy atom. The van der Waals surface area contributed by atoms with Gasteiger partial charge in [-0.05, 0) is 31.6 Å². The Balaban J connectivity index is 2.28. The minimum Gasteiger partial charge on any atom is -0.392 e. The van der Waals surface area contributed by atoms with Gasteiger partial charge in [-0.25, -0.2) is 0 Å². The van der Waals surface area contributed by atoms with Gasteiger partial charge >= 0.3 is 0 Å². The first kappa shape index (κ1) is 11.0. The van der Waals surface area contributed by atoms with Crippen molar-refractivity contribution in [2.75, 3.05) is 6.54 Å². The van der Waals surface area contributed by atoms with E-state index in [2.05, 4.69) is 19.2 Å². The van der Waals surface area contributed by atoms with Crippen LogP contribution in [-0.2, 0) is 0 Å². The van der Waals surface area contributed by atoms with Crippen molar-refractivity contribution >= 4 is 0 Å². The van der Waals surface area contributed by atoms with Gasteiger partial charge in [-0.1, -0.05) is 20.3 Å². The maximum atomic E-state index is 9.16. The number of aliphatic hydroxyl groups excluding tert-OH is 1. The van der Waals surface area contributed by atoms with Crippen LogP contribution >= 0.6 is 0 Å². The molecule has 1 fully saturated rings. The lowest BCUT2D eigenvalue weighted by Crippen LogP contribution is -2.37. The zero-order valence-electron chi connectivity index (χ0n) is 9.09. The van der Waals surface area contributed by atoms with E-state index in [9.17, 15) is 0 Å². The SMILES string of the molecule is CCC1CCC(NCC(C)O)C1C. The lowest BCUT2D eigenvalue weighted by Gasteiger charge is -2.21. The van der Waals surface area contributed by atoms with E-state index in [0.717, 1.165) is 18.4 Å². The van der Waals surface area contributed by atoms with Crippen molar-refractivity contribution in [3.05, 3.63) is 0 Å². The molecule has 4 unspecified atom stereocenters. The molecule has 0 aromatic carbocycles. The molecular weight excluding hydrogens is 162 g/mol. The quantitative estimate of drug-likeness (QED) is 0.700. The highest BCUT2D eigenvalue weighted by atomic mass is 16.3. The standard InChI is InChI=1S/C11H23NO/c1-4-10-5-6-11(9(10)3)12-7-8(2)13/h8-13H,4-7H2,1-3H3. The van der Waals surface area contributed by atoms with Gasteiger partial charge < -0.3 is 10.4 Å². The van der Waals surface area contributed by atoms with E-state index in [1.54, 1.807) is 0 Å². The molecule has 2 N–H and O–H groups in total. The molecule has 2 heteroatoms. The van der Waals surface area contributed by atoms with E-state index < -0.39 is 0 Å². The van der Waals surface area contributed by atoms with Crippen LogP contribution in [0.15, 0.2) is 0 Å². The number of rotatable bonds is 4. The van der Waals surface area contributed by atoms with E-state index >= 15 is 0 Å². The fraction of sp³-hybridized carbons (Fsp3) is 1.00. The fourth-order valence-electron chi connectivity index (χ4n) is 2.43. The molecular formula is C11H23NO. The molecule has 0 aliphatic heterocycles. The molecule has 0 aromatic rings. The van der Waals surface area contributed by atoms with E-state index in [1.165, 1.54) is 19.3 Å². The third-order valence-electron chi connectivity index (χ3n) is 3.43. The highest BCUT2D eigenvalue weighted by Gasteiger charge is 2.30. The Morgan fingerprint density at radius 2 is 2.15 bits per heavy atom. The largest absolute Gasteiger partial charge is 0.392 e. The summed E-state index contributed by atoms with van der Waals surface area (Å²) in [4.78, 5) is 0. The van der Waals surface area contributed by atoms with Gasteiger partial charge in [-0.3, -0.25) is 0 Å². The summed E-state index contributed by atoms with van der Waals surface area (Å²) in [5.74, 6) is 1.68. The van der Waals surface area contributed by atoms with Crippen molar-refractivity contribution in [2.24, 2.45) is 11.8 Å². The topological polar surface area (TPSA) is 32.3 Å². The Morgan fingerprint density at radius 3 is 2.62 bits per heavy atom. The average molecular weight is 185 g/mol. The van der Waals surface area contributed by atoms with Crippen LogP contribution in [0.3, 0.4) is 0 Å². The van der Waals surface area contributed by atoms with Crippen LogP contribution in [0.2, 0.25) is 0 Å². The average Bonchev–Trinajstić information content (AvgIpc) is 2.43. The van der Waals surface area contributed by atoms with Gasteiger partial charge in [0.1, 0.15) is 0 Å². The van der Waals surface area contributed by atoms with Crippen molar-refractivity contribution in [2.45, 2.75) is 52.2 Å². The van der Waals surface area contributed by atoms with Crippen molar-refractivity contribution in [3.8, 4) is 0 Å². The Hall–Kier alpha value is -0.0800. The summed E-state index contributed by atoms with van der Waals surface area (Å²) < 4.78 is 0. The minimum atomic E-state index is -0.215. The van der Waals surface area contributed by atoms with Gasteiger partial charge in [0.25, 0.3) is 0 Å². The first-order chi connectivity index (χ1) is 6.15. The molecule has 1 aliphatic rings. The highest BCUT2D eigenvalue weighted by Crippen LogP contribution is 2.33. The fourth-order valence-corrected chi connectivity index (χ4v) is 2.43. The molecule has 1 rings (SSSR count). The van der Waals surface area contributed by atoms with Gasteiger partial charge in [-0.2, -0.15) is 0 Å². The highest BCUT2D eigenvalue weighted by molar-refractivity contribution is 4.86. The van der Waals surface area contributed by atoms with Crippen LogP contribution < -0.4 is 5.32 Å².